The largest absolute Gasteiger partial charge is 0.494 e. The number of carbonyl (C=O) groups excluding carboxylic acids is 1. The summed E-state index contributed by atoms with van der Waals surface area (Å²) in [7, 11) is -1.18. The molecule has 1 heterocycles. The summed E-state index contributed by atoms with van der Waals surface area (Å²) < 4.78 is 55.9. The number of benzene rings is 3. The number of halogens is 1. The van der Waals surface area contributed by atoms with Crippen LogP contribution in [0.15, 0.2) is 71.7 Å². The highest BCUT2D eigenvalue weighted by molar-refractivity contribution is 7.85. The minimum Gasteiger partial charge on any atom is -0.494 e. The minimum absolute atomic E-state index is 0.0422. The van der Waals surface area contributed by atoms with Gasteiger partial charge in [-0.25, -0.2) is 9.38 Å². The highest BCUT2D eigenvalue weighted by atomic mass is 32.2. The molecule has 0 radical (unpaired) electrons. The molecule has 0 bridgehead atoms. The van der Waals surface area contributed by atoms with Gasteiger partial charge >= 0.3 is 0 Å². The van der Waals surface area contributed by atoms with Gasteiger partial charge in [-0.3, -0.25) is 14.2 Å². The number of likely N-dealkylation sites (N-methyl/N-ethyl adjacent to an activating group) is 1. The van der Waals surface area contributed by atoms with Gasteiger partial charge in [-0.1, -0.05) is 54.6 Å². The van der Waals surface area contributed by atoms with Crippen LogP contribution in [0.25, 0.3) is 11.1 Å². The maximum Gasteiger partial charge on any atom is 0.267 e. The molecule has 0 aliphatic carbocycles. The molecular formula is C26H26FN3O6S. The predicted octanol–water partition coefficient (Wildman–Crippen LogP) is 2.94. The third kappa shape index (κ3) is 5.19. The number of rotatable bonds is 9. The van der Waals surface area contributed by atoms with E-state index in [1.807, 2.05) is 0 Å². The van der Waals surface area contributed by atoms with Crippen molar-refractivity contribution in [3.63, 3.8) is 0 Å². The summed E-state index contributed by atoms with van der Waals surface area (Å²) in [5.74, 6) is -1.25. The van der Waals surface area contributed by atoms with Crippen LogP contribution in [0.4, 0.5) is 4.39 Å². The Morgan fingerprint density at radius 2 is 1.78 bits per heavy atom. The van der Waals surface area contributed by atoms with Crippen LogP contribution in [-0.2, 0) is 31.8 Å². The average Bonchev–Trinajstić information content (AvgIpc) is 3.11. The second-order valence-corrected chi connectivity index (χ2v) is 10.1. The SMILES string of the molecule is COc1cccc(-c2cccc(C3(c4ccc(COCCS(=O)(=O)O)cc4)N=C(N)N(C)C3=O)c2)c1F. The average molecular weight is 528 g/mol. The first-order valence-electron chi connectivity index (χ1n) is 11.3. The van der Waals surface area contributed by atoms with E-state index >= 15 is 4.39 Å². The van der Waals surface area contributed by atoms with E-state index < -0.39 is 27.2 Å². The molecule has 0 saturated carbocycles. The Kier molecular flexibility index (Phi) is 7.30. The standard InChI is InChI=1S/C26H26FN3O6S/c1-30-24(31)26(29-25(30)28,19-11-9-17(10-12-19)16-36-13-14-37(32,33)34)20-6-3-5-18(15-20)21-7-4-8-22(35-2)23(21)27/h3-12,15H,13-14,16H2,1-2H3,(H2,28,29)(H,32,33,34). The molecule has 0 fully saturated rings. The van der Waals surface area contributed by atoms with E-state index in [1.165, 1.54) is 25.1 Å². The third-order valence-corrected chi connectivity index (χ3v) is 6.82. The van der Waals surface area contributed by atoms with Gasteiger partial charge in [0.1, 0.15) is 0 Å². The summed E-state index contributed by atoms with van der Waals surface area (Å²) in [4.78, 5) is 19.4. The van der Waals surface area contributed by atoms with E-state index in [1.54, 1.807) is 60.7 Å². The molecular weight excluding hydrogens is 501 g/mol. The minimum atomic E-state index is -4.11. The Balaban J connectivity index is 1.72. The lowest BCUT2D eigenvalue weighted by Gasteiger charge is -2.27. The van der Waals surface area contributed by atoms with Crippen molar-refractivity contribution in [3.05, 3.63) is 89.2 Å². The number of hydrogen-bond acceptors (Lipinski definition) is 7. The molecule has 1 amide bonds. The van der Waals surface area contributed by atoms with Crippen molar-refractivity contribution >= 4 is 22.0 Å². The predicted molar refractivity (Wildman–Crippen MR) is 136 cm³/mol. The molecule has 0 saturated heterocycles. The zero-order valence-corrected chi connectivity index (χ0v) is 21.0. The molecule has 0 aromatic heterocycles. The van der Waals surface area contributed by atoms with Gasteiger partial charge in [0.15, 0.2) is 23.1 Å². The van der Waals surface area contributed by atoms with Crippen molar-refractivity contribution in [1.29, 1.82) is 0 Å². The summed E-state index contributed by atoms with van der Waals surface area (Å²) in [6.45, 7) is -0.0606. The molecule has 194 valence electrons. The summed E-state index contributed by atoms with van der Waals surface area (Å²) >= 11 is 0. The van der Waals surface area contributed by atoms with E-state index in [0.29, 0.717) is 22.3 Å². The summed E-state index contributed by atoms with van der Waals surface area (Å²) in [6, 6.07) is 18.6. The zero-order valence-electron chi connectivity index (χ0n) is 20.2. The lowest BCUT2D eigenvalue weighted by molar-refractivity contribution is -0.129. The van der Waals surface area contributed by atoms with Gasteiger partial charge in [-0.2, -0.15) is 8.42 Å². The molecule has 1 atom stereocenters. The highest BCUT2D eigenvalue weighted by Gasteiger charge is 2.49. The van der Waals surface area contributed by atoms with E-state index in [4.69, 9.17) is 19.8 Å². The summed E-state index contributed by atoms with van der Waals surface area (Å²) in [6.07, 6.45) is 0. The lowest BCUT2D eigenvalue weighted by atomic mass is 9.81. The van der Waals surface area contributed by atoms with E-state index in [2.05, 4.69) is 4.99 Å². The number of carbonyl (C=O) groups is 1. The Hall–Kier alpha value is -3.80. The van der Waals surface area contributed by atoms with Gasteiger partial charge in [0.2, 0.25) is 0 Å². The van der Waals surface area contributed by atoms with Gasteiger partial charge in [0.25, 0.3) is 16.0 Å². The Labute approximate surface area is 214 Å². The van der Waals surface area contributed by atoms with Crippen LogP contribution in [0.1, 0.15) is 16.7 Å². The normalized spacial score (nSPS) is 17.7. The third-order valence-electron chi connectivity index (χ3n) is 6.14. The number of amides is 1. The van der Waals surface area contributed by atoms with Gasteiger partial charge < -0.3 is 15.2 Å². The molecule has 0 spiro atoms. The van der Waals surface area contributed by atoms with E-state index in [-0.39, 0.29) is 30.8 Å². The van der Waals surface area contributed by atoms with Crippen LogP contribution in [0.3, 0.4) is 0 Å². The topological polar surface area (TPSA) is 132 Å². The van der Waals surface area contributed by atoms with Gasteiger partial charge in [-0.05, 0) is 34.4 Å². The Morgan fingerprint density at radius 3 is 2.41 bits per heavy atom. The summed E-state index contributed by atoms with van der Waals surface area (Å²) in [5.41, 5.74) is 7.18. The Morgan fingerprint density at radius 1 is 1.08 bits per heavy atom. The molecule has 3 aromatic rings. The first kappa shape index (κ1) is 26.3. The highest BCUT2D eigenvalue weighted by Crippen LogP contribution is 2.41. The number of nitrogens with two attached hydrogens (primary N) is 1. The molecule has 9 nitrogen and oxygen atoms in total. The van der Waals surface area contributed by atoms with Crippen molar-refractivity contribution in [1.82, 2.24) is 4.90 Å². The number of aliphatic imine (C=N–C) groups is 1. The van der Waals surface area contributed by atoms with Crippen LogP contribution in [0.2, 0.25) is 0 Å². The molecule has 1 unspecified atom stereocenters. The van der Waals surface area contributed by atoms with Crippen LogP contribution in [0, 0.1) is 5.82 Å². The zero-order chi connectivity index (χ0) is 26.8. The van der Waals surface area contributed by atoms with E-state index in [0.717, 1.165) is 5.56 Å². The number of ether oxygens (including phenoxy) is 2. The maximum absolute atomic E-state index is 15.0. The number of methoxy groups -OCH3 is 1. The van der Waals surface area contributed by atoms with Crippen LogP contribution >= 0.6 is 0 Å². The van der Waals surface area contributed by atoms with Crippen LogP contribution < -0.4 is 10.5 Å². The van der Waals surface area contributed by atoms with Gasteiger partial charge in [0.05, 0.1) is 26.1 Å². The second kappa shape index (κ2) is 10.3. The first-order valence-corrected chi connectivity index (χ1v) is 12.9. The maximum atomic E-state index is 15.0. The number of nitrogens with zero attached hydrogens (tertiary/aromatic N) is 2. The second-order valence-electron chi connectivity index (χ2n) is 8.48. The molecule has 1 aliphatic rings. The summed E-state index contributed by atoms with van der Waals surface area (Å²) in [5, 5.41) is 0. The monoisotopic (exact) mass is 527 g/mol. The Bertz CT molecular complexity index is 1460. The fourth-order valence-electron chi connectivity index (χ4n) is 4.18. The lowest BCUT2D eigenvalue weighted by Crippen LogP contribution is -2.41. The number of hydrogen-bond donors (Lipinski definition) is 2. The number of guanidine groups is 1. The molecule has 1 aliphatic heterocycles. The first-order chi connectivity index (χ1) is 17.6. The van der Waals surface area contributed by atoms with Crippen molar-refractivity contribution in [3.8, 4) is 16.9 Å². The van der Waals surface area contributed by atoms with Crippen molar-refractivity contribution in [2.24, 2.45) is 10.7 Å². The molecule has 4 rings (SSSR count). The molecule has 37 heavy (non-hydrogen) atoms. The fourth-order valence-corrected chi connectivity index (χ4v) is 4.51. The molecule has 11 heteroatoms. The smallest absolute Gasteiger partial charge is 0.267 e. The van der Waals surface area contributed by atoms with Crippen molar-refractivity contribution in [2.45, 2.75) is 12.1 Å². The van der Waals surface area contributed by atoms with Crippen molar-refractivity contribution < 1.29 is 31.6 Å². The van der Waals surface area contributed by atoms with E-state index in [9.17, 15) is 13.2 Å². The quantitative estimate of drug-likeness (QED) is 0.323. The molecule has 3 aromatic carbocycles. The van der Waals surface area contributed by atoms with Crippen LogP contribution in [0.5, 0.6) is 5.75 Å². The van der Waals surface area contributed by atoms with Crippen LogP contribution in [-0.4, -0.2) is 56.3 Å². The van der Waals surface area contributed by atoms with Crippen molar-refractivity contribution in [2.75, 3.05) is 26.5 Å². The fraction of sp³-hybridized carbons (Fsp3) is 0.231. The molecule has 3 N–H and O–H groups in total. The van der Waals surface area contributed by atoms with Gasteiger partial charge in [0, 0.05) is 12.6 Å². The van der Waals surface area contributed by atoms with Gasteiger partial charge in [-0.15, -0.1) is 0 Å².